The van der Waals surface area contributed by atoms with E-state index in [-0.39, 0.29) is 12.4 Å². The molecule has 0 saturated carbocycles. The fourth-order valence-corrected chi connectivity index (χ4v) is 3.78. The first kappa shape index (κ1) is 20.8. The van der Waals surface area contributed by atoms with Gasteiger partial charge in [-0.15, -0.1) is 0 Å². The summed E-state index contributed by atoms with van der Waals surface area (Å²) in [6.07, 6.45) is 9.68. The minimum atomic E-state index is -0.912. The number of anilines is 1. The van der Waals surface area contributed by atoms with E-state index in [1.54, 1.807) is 17.1 Å². The highest BCUT2D eigenvalue weighted by atomic mass is 16.5. The van der Waals surface area contributed by atoms with Gasteiger partial charge in [0.05, 0.1) is 25.3 Å². The molecule has 0 aliphatic carbocycles. The number of aromatic nitrogens is 5. The van der Waals surface area contributed by atoms with E-state index in [4.69, 9.17) is 9.72 Å². The lowest BCUT2D eigenvalue weighted by Crippen LogP contribution is -2.16. The number of hydrogen-bond donors (Lipinski definition) is 2. The van der Waals surface area contributed by atoms with Gasteiger partial charge in [-0.05, 0) is 49.8 Å². The van der Waals surface area contributed by atoms with Crippen LogP contribution in [0, 0.1) is 0 Å². The molecule has 0 fully saturated rings. The zero-order valence-electron chi connectivity index (χ0n) is 17.5. The van der Waals surface area contributed by atoms with Crippen LogP contribution >= 0.6 is 0 Å². The smallest absolute Gasteiger partial charge is 0.316 e. The number of pyridine rings is 1. The molecule has 0 bridgehead atoms. The molecule has 0 amide bonds. The summed E-state index contributed by atoms with van der Waals surface area (Å²) in [5.74, 6) is 0.108. The monoisotopic (exact) mass is 422 g/mol. The summed E-state index contributed by atoms with van der Waals surface area (Å²) in [7, 11) is 1.49. The maximum absolute atomic E-state index is 11.4. The number of aryl methyl sites for hydroxylation is 3. The molecule has 162 valence electrons. The minimum Gasteiger partial charge on any atom is -0.481 e. The van der Waals surface area contributed by atoms with Crippen molar-refractivity contribution in [1.82, 2.24) is 24.7 Å². The minimum absolute atomic E-state index is 0.108. The molecule has 0 spiro atoms. The molecule has 3 aromatic heterocycles. The molecule has 31 heavy (non-hydrogen) atoms. The highest BCUT2D eigenvalue weighted by molar-refractivity contribution is 5.68. The summed E-state index contributed by atoms with van der Waals surface area (Å²) in [6.45, 7) is 0.984. The van der Waals surface area contributed by atoms with E-state index < -0.39 is 12.0 Å². The van der Waals surface area contributed by atoms with Crippen molar-refractivity contribution in [2.45, 2.75) is 44.6 Å². The van der Waals surface area contributed by atoms with Crippen molar-refractivity contribution in [2.24, 2.45) is 0 Å². The van der Waals surface area contributed by atoms with Crippen molar-refractivity contribution in [3.63, 3.8) is 0 Å². The quantitative estimate of drug-likeness (QED) is 0.541. The fourth-order valence-electron chi connectivity index (χ4n) is 3.78. The summed E-state index contributed by atoms with van der Waals surface area (Å²) in [5.41, 5.74) is 3.96. The first-order valence-electron chi connectivity index (χ1n) is 10.5. The van der Waals surface area contributed by atoms with Gasteiger partial charge in [0.1, 0.15) is 5.82 Å². The summed E-state index contributed by atoms with van der Waals surface area (Å²) < 4.78 is 6.66. The standard InChI is InChI=1S/C22H26N6O3/c1-31-22-24-13-16(14-25-22)19(12-20(29)30)28-11-9-18(27-28)6-2-5-17-8-7-15-4-3-10-23-21(15)26-17/h7-9,11,13-14,19H,2-6,10,12H2,1H3,(H,23,26)(H,29,30). The van der Waals surface area contributed by atoms with Crippen LogP contribution in [0.15, 0.2) is 36.8 Å². The van der Waals surface area contributed by atoms with Gasteiger partial charge in [-0.25, -0.2) is 15.0 Å². The van der Waals surface area contributed by atoms with Crippen LogP contribution < -0.4 is 10.1 Å². The Kier molecular flexibility index (Phi) is 6.40. The third-order valence-electron chi connectivity index (χ3n) is 5.38. The van der Waals surface area contributed by atoms with E-state index in [2.05, 4.69) is 32.5 Å². The Morgan fingerprint density at radius 1 is 1.23 bits per heavy atom. The Bertz CT molecular complexity index is 1030. The van der Waals surface area contributed by atoms with Crippen LogP contribution in [0.25, 0.3) is 0 Å². The Hall–Kier alpha value is -3.49. The maximum atomic E-state index is 11.4. The third kappa shape index (κ3) is 5.17. The van der Waals surface area contributed by atoms with Crippen molar-refractivity contribution >= 4 is 11.8 Å². The molecule has 3 aromatic rings. The van der Waals surface area contributed by atoms with Gasteiger partial charge in [0, 0.05) is 36.4 Å². The molecule has 1 aliphatic rings. The van der Waals surface area contributed by atoms with Gasteiger partial charge >= 0.3 is 12.0 Å². The van der Waals surface area contributed by atoms with Crippen LogP contribution in [0.3, 0.4) is 0 Å². The van der Waals surface area contributed by atoms with E-state index >= 15 is 0 Å². The number of carboxylic acid groups (broad SMARTS) is 1. The number of nitrogens with one attached hydrogen (secondary N) is 1. The van der Waals surface area contributed by atoms with E-state index in [0.29, 0.717) is 5.56 Å². The molecule has 4 rings (SSSR count). The Morgan fingerprint density at radius 2 is 2.03 bits per heavy atom. The predicted molar refractivity (Wildman–Crippen MR) is 114 cm³/mol. The van der Waals surface area contributed by atoms with E-state index in [1.165, 1.54) is 12.7 Å². The van der Waals surface area contributed by atoms with Gasteiger partial charge in [0.25, 0.3) is 0 Å². The van der Waals surface area contributed by atoms with Crippen LogP contribution in [0.5, 0.6) is 6.01 Å². The van der Waals surface area contributed by atoms with Gasteiger partial charge in [-0.2, -0.15) is 5.10 Å². The number of carbonyl (C=O) groups is 1. The number of carboxylic acids is 1. The molecule has 2 N–H and O–H groups in total. The second-order valence-corrected chi connectivity index (χ2v) is 7.60. The van der Waals surface area contributed by atoms with Gasteiger partial charge < -0.3 is 15.2 Å². The molecule has 1 unspecified atom stereocenters. The number of methoxy groups -OCH3 is 1. The highest BCUT2D eigenvalue weighted by Gasteiger charge is 2.20. The Morgan fingerprint density at radius 3 is 2.81 bits per heavy atom. The van der Waals surface area contributed by atoms with Crippen LogP contribution in [0.1, 0.15) is 47.8 Å². The molecule has 9 nitrogen and oxygen atoms in total. The van der Waals surface area contributed by atoms with Crippen molar-refractivity contribution in [1.29, 1.82) is 0 Å². The molecule has 0 aromatic carbocycles. The Balaban J connectivity index is 1.40. The highest BCUT2D eigenvalue weighted by Crippen LogP contribution is 2.23. The SMILES string of the molecule is COc1ncc(C(CC(=O)O)n2ccc(CCCc3ccc4c(n3)NCCC4)n2)cn1. The molecule has 1 aliphatic heterocycles. The van der Waals surface area contributed by atoms with Crippen LogP contribution in [0.2, 0.25) is 0 Å². The van der Waals surface area contributed by atoms with E-state index in [1.807, 2.05) is 12.3 Å². The van der Waals surface area contributed by atoms with Gasteiger partial charge in [-0.1, -0.05) is 6.07 Å². The number of hydrogen-bond acceptors (Lipinski definition) is 7. The van der Waals surface area contributed by atoms with Crippen LogP contribution in [0.4, 0.5) is 5.82 Å². The van der Waals surface area contributed by atoms with Gasteiger partial charge in [0.15, 0.2) is 0 Å². The van der Waals surface area contributed by atoms with E-state index in [0.717, 1.165) is 55.9 Å². The number of rotatable bonds is 9. The van der Waals surface area contributed by atoms with Gasteiger partial charge in [0.2, 0.25) is 0 Å². The average molecular weight is 422 g/mol. The first-order valence-corrected chi connectivity index (χ1v) is 10.5. The summed E-state index contributed by atoms with van der Waals surface area (Å²) >= 11 is 0. The fraction of sp³-hybridized carbons (Fsp3) is 0.409. The van der Waals surface area contributed by atoms with E-state index in [9.17, 15) is 9.90 Å². The maximum Gasteiger partial charge on any atom is 0.316 e. The normalized spacial score (nSPS) is 13.8. The van der Waals surface area contributed by atoms with Crippen molar-refractivity contribution in [2.75, 3.05) is 19.0 Å². The average Bonchev–Trinajstić information content (AvgIpc) is 3.26. The Labute approximate surface area is 180 Å². The molecule has 9 heteroatoms. The molecule has 4 heterocycles. The molecule has 0 saturated heterocycles. The number of aliphatic carboxylic acids is 1. The van der Waals surface area contributed by atoms with Crippen LogP contribution in [-0.4, -0.2) is 49.5 Å². The molecular weight excluding hydrogens is 396 g/mol. The lowest BCUT2D eigenvalue weighted by molar-refractivity contribution is -0.137. The summed E-state index contributed by atoms with van der Waals surface area (Å²) in [4.78, 5) is 24.3. The zero-order valence-corrected chi connectivity index (χ0v) is 17.5. The number of nitrogens with zero attached hydrogens (tertiary/aromatic N) is 5. The lowest BCUT2D eigenvalue weighted by atomic mass is 10.1. The first-order chi connectivity index (χ1) is 15.1. The lowest BCUT2D eigenvalue weighted by Gasteiger charge is -2.17. The third-order valence-corrected chi connectivity index (χ3v) is 5.38. The second kappa shape index (κ2) is 9.55. The van der Waals surface area contributed by atoms with Crippen molar-refractivity contribution in [3.05, 3.63) is 59.3 Å². The van der Waals surface area contributed by atoms with Gasteiger partial charge in [-0.3, -0.25) is 9.48 Å². The largest absolute Gasteiger partial charge is 0.481 e. The molecular formula is C22H26N6O3. The number of ether oxygens (including phenoxy) is 1. The summed E-state index contributed by atoms with van der Waals surface area (Å²) in [5, 5.41) is 17.3. The predicted octanol–water partition coefficient (Wildman–Crippen LogP) is 2.67. The second-order valence-electron chi connectivity index (χ2n) is 7.60. The zero-order chi connectivity index (χ0) is 21.6. The molecule has 1 atom stereocenters. The molecule has 0 radical (unpaired) electrons. The van der Waals surface area contributed by atoms with Crippen molar-refractivity contribution in [3.8, 4) is 6.01 Å². The number of fused-ring (bicyclic) bond motifs is 1. The van der Waals surface area contributed by atoms with Crippen molar-refractivity contribution < 1.29 is 14.6 Å². The van der Waals surface area contributed by atoms with Crippen LogP contribution in [-0.2, 0) is 24.1 Å². The summed E-state index contributed by atoms with van der Waals surface area (Å²) in [6, 6.07) is 5.97. The topological polar surface area (TPSA) is 115 Å².